The van der Waals surface area contributed by atoms with Crippen molar-refractivity contribution in [1.29, 1.82) is 0 Å². The quantitative estimate of drug-likeness (QED) is 0.694. The van der Waals surface area contributed by atoms with Gasteiger partial charge in [-0.15, -0.1) is 0 Å². The molecule has 3 N–H and O–H groups in total. The van der Waals surface area contributed by atoms with Crippen molar-refractivity contribution in [2.75, 3.05) is 30.7 Å². The fourth-order valence-electron chi connectivity index (χ4n) is 4.31. The molecule has 1 saturated heterocycles. The Morgan fingerprint density at radius 3 is 2.50 bits per heavy atom. The lowest BCUT2D eigenvalue weighted by Gasteiger charge is -2.41. The number of nitrogen functional groups attached to an aromatic ring is 1. The van der Waals surface area contributed by atoms with Gasteiger partial charge in [-0.05, 0) is 69.6 Å². The normalized spacial score (nSPS) is 25.3. The fourth-order valence-corrected chi connectivity index (χ4v) is 4.48. The largest absolute Gasteiger partial charge is 0.397 e. The van der Waals surface area contributed by atoms with E-state index in [9.17, 15) is 0 Å². The molecule has 26 heavy (non-hydrogen) atoms. The molecular formula is C21H34ClN3O. The molecule has 2 aliphatic rings. The zero-order valence-electron chi connectivity index (χ0n) is 16.3. The van der Waals surface area contributed by atoms with Crippen LogP contribution in [0.4, 0.5) is 11.4 Å². The molecule has 0 aromatic heterocycles. The Labute approximate surface area is 163 Å². The summed E-state index contributed by atoms with van der Waals surface area (Å²) in [6.45, 7) is 7.48. The molecule has 0 bridgehead atoms. The van der Waals surface area contributed by atoms with Crippen LogP contribution in [0, 0.1) is 6.92 Å². The number of piperidine rings is 1. The minimum atomic E-state index is 0.498. The summed E-state index contributed by atoms with van der Waals surface area (Å²) in [5.74, 6) is 0. The van der Waals surface area contributed by atoms with Crippen LogP contribution in [0.5, 0.6) is 0 Å². The number of hydrogen-bond donors (Lipinski definition) is 2. The van der Waals surface area contributed by atoms with Gasteiger partial charge in [0.2, 0.25) is 0 Å². The van der Waals surface area contributed by atoms with Gasteiger partial charge in [-0.2, -0.15) is 0 Å². The average molecular weight is 380 g/mol. The van der Waals surface area contributed by atoms with Crippen LogP contribution < -0.4 is 11.1 Å². The van der Waals surface area contributed by atoms with E-state index >= 15 is 0 Å². The monoisotopic (exact) mass is 379 g/mol. The van der Waals surface area contributed by atoms with Crippen LogP contribution in [0.15, 0.2) is 12.1 Å². The lowest BCUT2D eigenvalue weighted by Crippen LogP contribution is -2.46. The third kappa shape index (κ3) is 5.05. The van der Waals surface area contributed by atoms with Gasteiger partial charge in [-0.1, -0.05) is 18.5 Å². The molecule has 0 atom stereocenters. The third-order valence-electron chi connectivity index (χ3n) is 5.94. The summed E-state index contributed by atoms with van der Waals surface area (Å²) in [5.41, 5.74) is 8.97. The predicted octanol–water partition coefficient (Wildman–Crippen LogP) is 4.84. The van der Waals surface area contributed by atoms with E-state index < -0.39 is 0 Å². The Morgan fingerprint density at radius 2 is 1.85 bits per heavy atom. The van der Waals surface area contributed by atoms with Crippen LogP contribution >= 0.6 is 11.6 Å². The highest BCUT2D eigenvalue weighted by Gasteiger charge is 2.29. The maximum Gasteiger partial charge on any atom is 0.0579 e. The van der Waals surface area contributed by atoms with Gasteiger partial charge in [-0.3, -0.25) is 0 Å². The zero-order valence-corrected chi connectivity index (χ0v) is 17.0. The van der Waals surface area contributed by atoms with E-state index in [2.05, 4.69) is 23.2 Å². The number of benzene rings is 1. The van der Waals surface area contributed by atoms with Crippen LogP contribution in [0.25, 0.3) is 0 Å². The van der Waals surface area contributed by atoms with E-state index in [1.54, 1.807) is 0 Å². The SMILES string of the molecule is CCCOC1CCC(N2CCC(Nc3cc(C)c(Cl)cc3N)CC2)CC1. The molecular weight excluding hydrogens is 346 g/mol. The highest BCUT2D eigenvalue weighted by Crippen LogP contribution is 2.30. The van der Waals surface area contributed by atoms with Gasteiger partial charge in [-0.25, -0.2) is 0 Å². The number of ether oxygens (including phenoxy) is 1. The molecule has 146 valence electrons. The van der Waals surface area contributed by atoms with E-state index in [0.29, 0.717) is 12.1 Å². The van der Waals surface area contributed by atoms with Gasteiger partial charge in [0.25, 0.3) is 0 Å². The molecule has 4 nitrogen and oxygen atoms in total. The summed E-state index contributed by atoms with van der Waals surface area (Å²) in [7, 11) is 0. The lowest BCUT2D eigenvalue weighted by molar-refractivity contribution is 0.00428. The van der Waals surface area contributed by atoms with Gasteiger partial charge in [0.05, 0.1) is 17.5 Å². The highest BCUT2D eigenvalue weighted by molar-refractivity contribution is 6.31. The molecule has 0 radical (unpaired) electrons. The van der Waals surface area contributed by atoms with Crippen LogP contribution in [0.1, 0.15) is 57.4 Å². The van der Waals surface area contributed by atoms with Gasteiger partial charge in [0.1, 0.15) is 0 Å². The lowest BCUT2D eigenvalue weighted by atomic mass is 9.90. The molecule has 1 aromatic carbocycles. The van der Waals surface area contributed by atoms with Crippen LogP contribution in [-0.4, -0.2) is 42.8 Å². The zero-order chi connectivity index (χ0) is 18.5. The van der Waals surface area contributed by atoms with Crippen molar-refractivity contribution in [3.63, 3.8) is 0 Å². The van der Waals surface area contributed by atoms with E-state index in [4.69, 9.17) is 22.1 Å². The second-order valence-electron chi connectivity index (χ2n) is 7.94. The summed E-state index contributed by atoms with van der Waals surface area (Å²) >= 11 is 6.15. The maximum absolute atomic E-state index is 6.15. The van der Waals surface area contributed by atoms with Crippen LogP contribution in [0.2, 0.25) is 5.02 Å². The predicted molar refractivity (Wildman–Crippen MR) is 111 cm³/mol. The van der Waals surface area contributed by atoms with Crippen LogP contribution in [-0.2, 0) is 4.74 Å². The number of aryl methyl sites for hydroxylation is 1. The first kappa shape index (κ1) is 19.8. The molecule has 1 aliphatic heterocycles. The number of likely N-dealkylation sites (tertiary alicyclic amines) is 1. The Kier molecular flexibility index (Phi) is 7.07. The Balaban J connectivity index is 1.44. The first-order valence-electron chi connectivity index (χ1n) is 10.2. The summed E-state index contributed by atoms with van der Waals surface area (Å²) in [6.07, 6.45) is 9.00. The summed E-state index contributed by atoms with van der Waals surface area (Å²) in [4.78, 5) is 2.70. The second-order valence-corrected chi connectivity index (χ2v) is 8.35. The number of nitrogens with one attached hydrogen (secondary N) is 1. The van der Waals surface area contributed by atoms with E-state index in [1.807, 2.05) is 13.0 Å². The molecule has 0 spiro atoms. The van der Waals surface area contributed by atoms with Crippen molar-refractivity contribution in [3.05, 3.63) is 22.7 Å². The van der Waals surface area contributed by atoms with Gasteiger partial charge < -0.3 is 20.7 Å². The van der Waals surface area contributed by atoms with Crippen molar-refractivity contribution in [1.82, 2.24) is 4.90 Å². The van der Waals surface area contributed by atoms with Crippen molar-refractivity contribution >= 4 is 23.0 Å². The van der Waals surface area contributed by atoms with E-state index in [-0.39, 0.29) is 0 Å². The third-order valence-corrected chi connectivity index (χ3v) is 6.34. The molecule has 0 amide bonds. The van der Waals surface area contributed by atoms with Crippen molar-refractivity contribution in [3.8, 4) is 0 Å². The number of rotatable bonds is 6. The molecule has 0 unspecified atom stereocenters. The Bertz CT molecular complexity index is 579. The maximum atomic E-state index is 6.15. The summed E-state index contributed by atoms with van der Waals surface area (Å²) in [5, 5.41) is 4.38. The first-order valence-corrected chi connectivity index (χ1v) is 10.6. The average Bonchev–Trinajstić information content (AvgIpc) is 2.65. The molecule has 1 aliphatic carbocycles. The first-order chi connectivity index (χ1) is 12.6. The van der Waals surface area contributed by atoms with E-state index in [0.717, 1.165) is 41.0 Å². The topological polar surface area (TPSA) is 50.5 Å². The molecule has 2 fully saturated rings. The van der Waals surface area contributed by atoms with Crippen LogP contribution in [0.3, 0.4) is 0 Å². The minimum Gasteiger partial charge on any atom is -0.397 e. The molecule has 3 rings (SSSR count). The molecule has 1 saturated carbocycles. The number of hydrogen-bond acceptors (Lipinski definition) is 4. The highest BCUT2D eigenvalue weighted by atomic mass is 35.5. The number of halogens is 1. The van der Waals surface area contributed by atoms with Gasteiger partial charge >= 0.3 is 0 Å². The number of nitrogens with two attached hydrogens (primary N) is 1. The van der Waals surface area contributed by atoms with Crippen molar-refractivity contribution in [2.45, 2.75) is 77.0 Å². The van der Waals surface area contributed by atoms with Gasteiger partial charge in [0.15, 0.2) is 0 Å². The summed E-state index contributed by atoms with van der Waals surface area (Å²) < 4.78 is 5.93. The summed E-state index contributed by atoms with van der Waals surface area (Å²) in [6, 6.07) is 5.17. The molecule has 1 heterocycles. The minimum absolute atomic E-state index is 0.498. The Morgan fingerprint density at radius 1 is 1.15 bits per heavy atom. The van der Waals surface area contributed by atoms with Crippen molar-refractivity contribution < 1.29 is 4.74 Å². The van der Waals surface area contributed by atoms with Gasteiger partial charge in [0, 0.05) is 36.8 Å². The second kappa shape index (κ2) is 9.29. The smallest absolute Gasteiger partial charge is 0.0579 e. The molecule has 5 heteroatoms. The standard InChI is InChI=1S/C21H34ClN3O/c1-3-12-26-18-6-4-17(5-7-18)25-10-8-16(9-11-25)24-21-13-15(2)19(22)14-20(21)23/h13-14,16-18,24H,3-12,23H2,1-2H3. The molecule has 1 aromatic rings. The van der Waals surface area contributed by atoms with Crippen molar-refractivity contribution in [2.24, 2.45) is 0 Å². The fraction of sp³-hybridized carbons (Fsp3) is 0.714. The Hall–Kier alpha value is -0.970. The number of anilines is 2. The number of nitrogens with zero attached hydrogens (tertiary/aromatic N) is 1. The van der Waals surface area contributed by atoms with E-state index in [1.165, 1.54) is 51.6 Å².